The summed E-state index contributed by atoms with van der Waals surface area (Å²) < 4.78 is 3.25. The zero-order valence-electron chi connectivity index (χ0n) is 11.4. The molecule has 2 heteroatoms. The molecule has 0 aliphatic carbocycles. The molecule has 92 valence electrons. The third-order valence-electron chi connectivity index (χ3n) is 1.58. The molecule has 0 bridgehead atoms. The van der Waals surface area contributed by atoms with E-state index in [1.807, 2.05) is 40.7 Å². The minimum atomic E-state index is 1.16. The lowest BCUT2D eigenvalue weighted by molar-refractivity contribution is 1.20. The Morgan fingerprint density at radius 2 is 1.81 bits per heavy atom. The van der Waals surface area contributed by atoms with Crippen molar-refractivity contribution in [1.29, 1.82) is 0 Å². The first-order valence-electron chi connectivity index (χ1n) is 5.88. The van der Waals surface area contributed by atoms with Gasteiger partial charge in [0.15, 0.2) is 0 Å². The molecule has 0 radical (unpaired) electrons. The molecular formula is C14H25NS. The first-order chi connectivity index (χ1) is 7.77. The molecule has 0 aromatic carbocycles. The van der Waals surface area contributed by atoms with E-state index in [4.69, 9.17) is 0 Å². The third kappa shape index (κ3) is 6.57. The van der Waals surface area contributed by atoms with Crippen LogP contribution in [0.25, 0.3) is 0 Å². The van der Waals surface area contributed by atoms with Gasteiger partial charge < -0.3 is 4.72 Å². The van der Waals surface area contributed by atoms with Gasteiger partial charge in [0.25, 0.3) is 0 Å². The van der Waals surface area contributed by atoms with Gasteiger partial charge in [-0.15, -0.1) is 0 Å². The van der Waals surface area contributed by atoms with Crippen LogP contribution in [-0.4, -0.2) is 0 Å². The Bertz CT molecular complexity index is 272. The van der Waals surface area contributed by atoms with Crippen molar-refractivity contribution in [2.45, 2.75) is 41.5 Å². The molecule has 0 saturated carbocycles. The van der Waals surface area contributed by atoms with Crippen LogP contribution in [-0.2, 0) is 0 Å². The molecule has 0 amide bonds. The number of rotatable bonds is 1. The fourth-order valence-corrected chi connectivity index (χ4v) is 1.70. The van der Waals surface area contributed by atoms with E-state index in [1.54, 1.807) is 18.0 Å². The zero-order valence-corrected chi connectivity index (χ0v) is 12.2. The van der Waals surface area contributed by atoms with Crippen molar-refractivity contribution in [3.8, 4) is 0 Å². The van der Waals surface area contributed by atoms with Crippen molar-refractivity contribution in [2.75, 3.05) is 0 Å². The van der Waals surface area contributed by atoms with Crippen LogP contribution in [0.3, 0.4) is 0 Å². The summed E-state index contributed by atoms with van der Waals surface area (Å²) in [5.74, 6) is 0. The summed E-state index contributed by atoms with van der Waals surface area (Å²) in [6.07, 6.45) is 8.02. The van der Waals surface area contributed by atoms with Crippen molar-refractivity contribution in [3.05, 3.63) is 47.1 Å². The highest BCUT2D eigenvalue weighted by molar-refractivity contribution is 8.01. The normalized spacial score (nSPS) is 18.5. The average Bonchev–Trinajstić information content (AvgIpc) is 2.35. The van der Waals surface area contributed by atoms with Gasteiger partial charge in [0.1, 0.15) is 0 Å². The van der Waals surface area contributed by atoms with Gasteiger partial charge in [-0.05, 0) is 37.4 Å². The SMILES string of the molecule is C=C/C=C1/C=C(C)SN/C1=C/C.CC.CC. The summed E-state index contributed by atoms with van der Waals surface area (Å²) in [6, 6.07) is 0. The van der Waals surface area contributed by atoms with Crippen molar-refractivity contribution in [2.24, 2.45) is 0 Å². The Morgan fingerprint density at radius 3 is 2.25 bits per heavy atom. The molecule has 0 aromatic heterocycles. The van der Waals surface area contributed by atoms with Crippen LogP contribution < -0.4 is 4.72 Å². The first kappa shape index (κ1) is 17.5. The minimum absolute atomic E-state index is 1.16. The highest BCUT2D eigenvalue weighted by Crippen LogP contribution is 2.25. The topological polar surface area (TPSA) is 12.0 Å². The molecule has 16 heavy (non-hydrogen) atoms. The van der Waals surface area contributed by atoms with Crippen LogP contribution in [0.15, 0.2) is 47.1 Å². The second-order valence-electron chi connectivity index (χ2n) is 2.52. The molecule has 1 aliphatic rings. The van der Waals surface area contributed by atoms with Gasteiger partial charge in [-0.2, -0.15) is 0 Å². The first-order valence-corrected chi connectivity index (χ1v) is 6.70. The summed E-state index contributed by atoms with van der Waals surface area (Å²) in [5.41, 5.74) is 2.36. The second kappa shape index (κ2) is 12.2. The quantitative estimate of drug-likeness (QED) is 0.630. The van der Waals surface area contributed by atoms with Gasteiger partial charge >= 0.3 is 0 Å². The maximum Gasteiger partial charge on any atom is 0.0473 e. The summed E-state index contributed by atoms with van der Waals surface area (Å²) in [4.78, 5) is 1.27. The fourth-order valence-electron chi connectivity index (χ4n) is 1.01. The van der Waals surface area contributed by atoms with Crippen molar-refractivity contribution >= 4 is 11.9 Å². The lowest BCUT2D eigenvalue weighted by Gasteiger charge is -2.16. The monoisotopic (exact) mass is 239 g/mol. The van der Waals surface area contributed by atoms with E-state index in [-0.39, 0.29) is 0 Å². The Balaban J connectivity index is 0. The average molecular weight is 239 g/mol. The van der Waals surface area contributed by atoms with Crippen LogP contribution >= 0.6 is 11.9 Å². The van der Waals surface area contributed by atoms with E-state index in [0.717, 1.165) is 5.70 Å². The van der Waals surface area contributed by atoms with Crippen molar-refractivity contribution in [1.82, 2.24) is 4.72 Å². The Kier molecular flexibility index (Phi) is 13.3. The van der Waals surface area contributed by atoms with E-state index in [1.165, 1.54) is 10.5 Å². The maximum atomic E-state index is 3.68. The number of hydrogen-bond donors (Lipinski definition) is 1. The van der Waals surface area contributed by atoms with E-state index >= 15 is 0 Å². The summed E-state index contributed by atoms with van der Waals surface area (Å²) in [6.45, 7) is 15.8. The van der Waals surface area contributed by atoms with Crippen LogP contribution in [0.5, 0.6) is 0 Å². The number of nitrogens with one attached hydrogen (secondary N) is 1. The van der Waals surface area contributed by atoms with Gasteiger partial charge in [-0.25, -0.2) is 0 Å². The van der Waals surface area contributed by atoms with Crippen LogP contribution in [0.4, 0.5) is 0 Å². The highest BCUT2D eigenvalue weighted by atomic mass is 32.2. The van der Waals surface area contributed by atoms with Crippen LogP contribution in [0, 0.1) is 0 Å². The third-order valence-corrected chi connectivity index (χ3v) is 2.34. The molecule has 1 aliphatic heterocycles. The van der Waals surface area contributed by atoms with Crippen LogP contribution in [0.2, 0.25) is 0 Å². The van der Waals surface area contributed by atoms with Gasteiger partial charge in [-0.3, -0.25) is 0 Å². The van der Waals surface area contributed by atoms with E-state index in [0.29, 0.717) is 0 Å². The molecule has 1 rings (SSSR count). The van der Waals surface area contributed by atoms with Gasteiger partial charge in [0.05, 0.1) is 0 Å². The largest absolute Gasteiger partial charge is 0.326 e. The minimum Gasteiger partial charge on any atom is -0.326 e. The van der Waals surface area contributed by atoms with Crippen molar-refractivity contribution < 1.29 is 0 Å². The highest BCUT2D eigenvalue weighted by Gasteiger charge is 2.07. The van der Waals surface area contributed by atoms with Crippen LogP contribution in [0.1, 0.15) is 41.5 Å². The van der Waals surface area contributed by atoms with Gasteiger partial charge in [-0.1, -0.05) is 52.5 Å². The Morgan fingerprint density at radius 1 is 1.25 bits per heavy atom. The molecular weight excluding hydrogens is 214 g/mol. The lowest BCUT2D eigenvalue weighted by Crippen LogP contribution is -2.09. The lowest BCUT2D eigenvalue weighted by atomic mass is 10.1. The molecule has 0 spiro atoms. The number of hydrogen-bond acceptors (Lipinski definition) is 2. The predicted molar refractivity (Wildman–Crippen MR) is 79.2 cm³/mol. The summed E-state index contributed by atoms with van der Waals surface area (Å²) in [5, 5.41) is 0. The number of allylic oxidation sites excluding steroid dienone is 5. The predicted octanol–water partition coefficient (Wildman–Crippen LogP) is 5.21. The molecule has 1 heterocycles. The molecule has 0 unspecified atom stereocenters. The summed E-state index contributed by atoms with van der Waals surface area (Å²) >= 11 is 1.65. The van der Waals surface area contributed by atoms with Crippen molar-refractivity contribution in [3.63, 3.8) is 0 Å². The Labute approximate surface area is 106 Å². The zero-order chi connectivity index (χ0) is 13.0. The van der Waals surface area contributed by atoms with E-state index < -0.39 is 0 Å². The van der Waals surface area contributed by atoms with E-state index in [9.17, 15) is 0 Å². The molecule has 0 fully saturated rings. The summed E-state index contributed by atoms with van der Waals surface area (Å²) in [7, 11) is 0. The fraction of sp³-hybridized carbons (Fsp3) is 0.429. The molecule has 1 nitrogen and oxygen atoms in total. The Hall–Kier alpha value is -0.890. The van der Waals surface area contributed by atoms with Gasteiger partial charge in [0.2, 0.25) is 0 Å². The second-order valence-corrected chi connectivity index (χ2v) is 3.57. The standard InChI is InChI=1S/C10H13NS.2C2H6/c1-4-6-9-7-8(3)12-11-10(9)5-2;2*1-2/h4-7,11H,1H2,2-3H3;2*1-2H3/b9-6-,10-5+;;. The molecule has 0 aromatic rings. The molecule has 0 atom stereocenters. The molecule has 1 N–H and O–H groups in total. The van der Waals surface area contributed by atoms with Gasteiger partial charge in [0, 0.05) is 10.6 Å². The smallest absolute Gasteiger partial charge is 0.0473 e. The molecule has 0 saturated heterocycles. The van der Waals surface area contributed by atoms with E-state index in [2.05, 4.69) is 30.4 Å². The maximum absolute atomic E-state index is 3.68.